The predicted molar refractivity (Wildman–Crippen MR) is 136 cm³/mol. The number of fused-ring (bicyclic) bond motifs is 2. The molecule has 0 saturated carbocycles. The van der Waals surface area contributed by atoms with Crippen LogP contribution in [0.2, 0.25) is 0 Å². The fraction of sp³-hybridized carbons (Fsp3) is 0.250. The molecule has 174 valence electrons. The first-order chi connectivity index (χ1) is 16.4. The number of aromatic nitrogens is 2. The number of pyridine rings is 1. The number of amides is 1. The number of carbonyl (C=O) groups excluding carboxylic acids is 1. The van der Waals surface area contributed by atoms with Gasteiger partial charge in [0.1, 0.15) is 15.8 Å². The van der Waals surface area contributed by atoms with Crippen molar-refractivity contribution in [2.75, 3.05) is 12.1 Å². The topological polar surface area (TPSA) is 85.2 Å². The number of anilines is 1. The van der Waals surface area contributed by atoms with Gasteiger partial charge in [-0.15, -0.1) is 0 Å². The molecular weight excluding hydrogens is 472 g/mol. The summed E-state index contributed by atoms with van der Waals surface area (Å²) in [5, 5.41) is 3.31. The summed E-state index contributed by atoms with van der Waals surface area (Å²) < 4.78 is 12.7. The van der Waals surface area contributed by atoms with Crippen molar-refractivity contribution in [3.63, 3.8) is 0 Å². The lowest BCUT2D eigenvalue weighted by molar-refractivity contribution is -0.122. The molecule has 10 heteroatoms. The third-order valence-corrected chi connectivity index (χ3v) is 7.07. The predicted octanol–water partition coefficient (Wildman–Crippen LogP) is 4.04. The van der Waals surface area contributed by atoms with Gasteiger partial charge in [-0.1, -0.05) is 43.0 Å². The molecule has 1 atom stereocenters. The van der Waals surface area contributed by atoms with Crippen LogP contribution in [0, 0.1) is 0 Å². The zero-order valence-corrected chi connectivity index (χ0v) is 20.2. The summed E-state index contributed by atoms with van der Waals surface area (Å²) in [6, 6.07) is 11.0. The molecule has 1 unspecified atom stereocenters. The van der Waals surface area contributed by atoms with Gasteiger partial charge in [-0.2, -0.15) is 0 Å². The molecule has 1 fully saturated rings. The molecule has 34 heavy (non-hydrogen) atoms. The summed E-state index contributed by atoms with van der Waals surface area (Å²) in [4.78, 5) is 33.1. The minimum absolute atomic E-state index is 0.103. The van der Waals surface area contributed by atoms with Gasteiger partial charge in [-0.05, 0) is 49.2 Å². The van der Waals surface area contributed by atoms with E-state index in [1.54, 1.807) is 24.4 Å². The minimum Gasteiger partial charge on any atom is -0.454 e. The number of rotatable bonds is 6. The van der Waals surface area contributed by atoms with Crippen LogP contribution in [0.5, 0.6) is 11.5 Å². The zero-order valence-electron chi connectivity index (χ0n) is 18.6. The fourth-order valence-corrected chi connectivity index (χ4v) is 4.90. The Bertz CT molecular complexity index is 1400. The first-order valence-electron chi connectivity index (χ1n) is 10.9. The largest absolute Gasteiger partial charge is 0.454 e. The van der Waals surface area contributed by atoms with E-state index in [0.29, 0.717) is 44.3 Å². The van der Waals surface area contributed by atoms with Gasteiger partial charge in [0.15, 0.2) is 11.5 Å². The Morgan fingerprint density at radius 2 is 2.06 bits per heavy atom. The van der Waals surface area contributed by atoms with Crippen molar-refractivity contribution in [2.45, 2.75) is 32.9 Å². The number of hydrogen-bond acceptors (Lipinski definition) is 8. The molecule has 2 aliphatic heterocycles. The first-order valence-corrected chi connectivity index (χ1v) is 12.1. The number of thiocarbonyl (C=S) groups is 1. The summed E-state index contributed by atoms with van der Waals surface area (Å²) in [5.41, 5.74) is 1.48. The van der Waals surface area contributed by atoms with Gasteiger partial charge in [0, 0.05) is 12.2 Å². The molecule has 0 bridgehead atoms. The summed E-state index contributed by atoms with van der Waals surface area (Å²) in [5.74, 6) is 1.53. The van der Waals surface area contributed by atoms with Crippen molar-refractivity contribution >= 4 is 51.7 Å². The first kappa shape index (κ1) is 22.4. The highest BCUT2D eigenvalue weighted by atomic mass is 32.2. The lowest BCUT2D eigenvalue weighted by Crippen LogP contribution is -2.27. The lowest BCUT2D eigenvalue weighted by atomic mass is 10.2. The Hall–Kier alpha value is -3.37. The number of thioether (sulfide) groups is 1. The van der Waals surface area contributed by atoms with Crippen LogP contribution in [0.3, 0.4) is 0 Å². The Kier molecular flexibility index (Phi) is 6.01. The van der Waals surface area contributed by atoms with E-state index in [-0.39, 0.29) is 24.3 Å². The number of ether oxygens (including phenoxy) is 2. The Morgan fingerprint density at radius 1 is 1.24 bits per heavy atom. The van der Waals surface area contributed by atoms with E-state index < -0.39 is 0 Å². The number of carbonyl (C=O) groups is 1. The monoisotopic (exact) mass is 494 g/mol. The summed E-state index contributed by atoms with van der Waals surface area (Å²) in [6.07, 6.45) is 4.12. The molecule has 0 spiro atoms. The molecule has 8 nitrogen and oxygen atoms in total. The highest BCUT2D eigenvalue weighted by molar-refractivity contribution is 8.26. The third-order valence-electron chi connectivity index (χ3n) is 5.69. The van der Waals surface area contributed by atoms with Crippen molar-refractivity contribution in [1.82, 2.24) is 14.3 Å². The molecule has 4 heterocycles. The quantitative estimate of drug-likeness (QED) is 0.406. The van der Waals surface area contributed by atoms with Crippen LogP contribution in [0.15, 0.2) is 52.3 Å². The van der Waals surface area contributed by atoms with E-state index in [1.807, 2.05) is 38.1 Å². The number of benzene rings is 1. The van der Waals surface area contributed by atoms with Crippen molar-refractivity contribution < 1.29 is 14.3 Å². The van der Waals surface area contributed by atoms with Crippen LogP contribution >= 0.6 is 24.0 Å². The maximum absolute atomic E-state index is 13.3. The van der Waals surface area contributed by atoms with Crippen LogP contribution in [0.1, 0.15) is 31.4 Å². The Labute approximate surface area is 205 Å². The van der Waals surface area contributed by atoms with Crippen LogP contribution in [-0.4, -0.2) is 37.3 Å². The SMILES string of the molecule is CCC(C)Nc1nc2ccccn2c(=O)c1/C=C1\SC(=S)N(Cc2ccc3c(c2)OCO3)C1=O. The van der Waals surface area contributed by atoms with Gasteiger partial charge in [0.05, 0.1) is 17.0 Å². The normalized spacial score (nSPS) is 17.1. The summed E-state index contributed by atoms with van der Waals surface area (Å²) in [6.45, 7) is 4.55. The van der Waals surface area contributed by atoms with Crippen LogP contribution < -0.4 is 20.3 Å². The lowest BCUT2D eigenvalue weighted by Gasteiger charge is -2.16. The Morgan fingerprint density at radius 3 is 2.88 bits per heavy atom. The van der Waals surface area contributed by atoms with E-state index in [0.717, 1.165) is 12.0 Å². The van der Waals surface area contributed by atoms with E-state index in [9.17, 15) is 9.59 Å². The molecule has 1 saturated heterocycles. The van der Waals surface area contributed by atoms with Crippen LogP contribution in [0.25, 0.3) is 11.7 Å². The summed E-state index contributed by atoms with van der Waals surface area (Å²) in [7, 11) is 0. The van der Waals surface area contributed by atoms with Crippen LogP contribution in [-0.2, 0) is 11.3 Å². The highest BCUT2D eigenvalue weighted by Crippen LogP contribution is 2.36. The zero-order chi connectivity index (χ0) is 23.8. The molecule has 2 aliphatic rings. The molecule has 0 radical (unpaired) electrons. The molecule has 3 aromatic rings. The number of nitrogens with one attached hydrogen (secondary N) is 1. The number of nitrogens with zero attached hydrogens (tertiary/aromatic N) is 3. The molecule has 5 rings (SSSR count). The van der Waals surface area contributed by atoms with E-state index >= 15 is 0 Å². The van der Waals surface area contributed by atoms with Gasteiger partial charge in [0.25, 0.3) is 11.5 Å². The van der Waals surface area contributed by atoms with E-state index in [4.69, 9.17) is 21.7 Å². The molecular formula is C24H22N4O4S2. The second-order valence-electron chi connectivity index (χ2n) is 8.02. The molecule has 1 aromatic carbocycles. The second kappa shape index (κ2) is 9.11. The van der Waals surface area contributed by atoms with Gasteiger partial charge >= 0.3 is 0 Å². The third kappa shape index (κ3) is 4.14. The van der Waals surface area contributed by atoms with Gasteiger partial charge < -0.3 is 14.8 Å². The van der Waals surface area contributed by atoms with Crippen molar-refractivity contribution in [3.8, 4) is 11.5 Å². The second-order valence-corrected chi connectivity index (χ2v) is 9.69. The van der Waals surface area contributed by atoms with Crippen molar-refractivity contribution in [3.05, 3.63) is 69.0 Å². The molecule has 2 aromatic heterocycles. The standard InChI is InChI=1S/C24H22N4O4S2/c1-3-14(2)25-21-16(22(29)27-9-5-4-6-20(27)26-21)11-19-23(30)28(24(33)34-19)12-15-7-8-17-18(10-15)32-13-31-17/h4-11,14,25H,3,12-13H2,1-2H3/b19-11-. The number of hydrogen-bond donors (Lipinski definition) is 1. The van der Waals surface area contributed by atoms with Gasteiger partial charge in [-0.3, -0.25) is 18.9 Å². The highest BCUT2D eigenvalue weighted by Gasteiger charge is 2.33. The van der Waals surface area contributed by atoms with Gasteiger partial charge in [0.2, 0.25) is 6.79 Å². The van der Waals surface area contributed by atoms with Crippen LogP contribution in [0.4, 0.5) is 5.82 Å². The van der Waals surface area contributed by atoms with Crippen molar-refractivity contribution in [1.29, 1.82) is 0 Å². The van der Waals surface area contributed by atoms with Crippen molar-refractivity contribution in [2.24, 2.45) is 0 Å². The average Bonchev–Trinajstić information content (AvgIpc) is 3.41. The summed E-state index contributed by atoms with van der Waals surface area (Å²) >= 11 is 6.68. The molecule has 1 N–H and O–H groups in total. The minimum atomic E-state index is -0.252. The fourth-order valence-electron chi connectivity index (χ4n) is 3.67. The Balaban J connectivity index is 1.49. The molecule has 0 aliphatic carbocycles. The maximum atomic E-state index is 13.3. The molecule has 1 amide bonds. The van der Waals surface area contributed by atoms with E-state index in [2.05, 4.69) is 10.3 Å². The average molecular weight is 495 g/mol. The van der Waals surface area contributed by atoms with E-state index in [1.165, 1.54) is 21.1 Å². The smallest absolute Gasteiger partial charge is 0.267 e. The van der Waals surface area contributed by atoms with Gasteiger partial charge in [-0.25, -0.2) is 4.98 Å². The maximum Gasteiger partial charge on any atom is 0.267 e.